The van der Waals surface area contributed by atoms with E-state index in [2.05, 4.69) is 158 Å². The van der Waals surface area contributed by atoms with Crippen molar-refractivity contribution in [2.24, 2.45) is 0 Å². The summed E-state index contributed by atoms with van der Waals surface area (Å²) < 4.78 is 12.1. The molecule has 0 bridgehead atoms. The number of hydrogen-bond donors (Lipinski definition) is 0. The first-order valence-electron chi connectivity index (χ1n) is 17.7. The normalized spacial score (nSPS) is 13.7. The van der Waals surface area contributed by atoms with Crippen molar-refractivity contribution in [2.75, 3.05) is 13.9 Å². The topological polar surface area (TPSA) is 21.7 Å². The Bertz CT molecular complexity index is 1540. The third-order valence-electron chi connectivity index (χ3n) is 9.36. The lowest BCUT2D eigenvalue weighted by Gasteiger charge is -2.38. The maximum absolute atomic E-state index is 6.61. The SMILES string of the molecule is CCCCC(C)(Pc1c(C)cccc1CN(Cc1ccccc1)Cc1ccccc1)c1cc(C(C)(C)C)cc(C(C)(C)C)c1OCOC. The summed E-state index contributed by atoms with van der Waals surface area (Å²) in [5.41, 5.74) is 9.34. The van der Waals surface area contributed by atoms with Crippen LogP contribution in [0.25, 0.3) is 0 Å². The molecule has 0 N–H and O–H groups in total. The predicted molar refractivity (Wildman–Crippen MR) is 208 cm³/mol. The van der Waals surface area contributed by atoms with Gasteiger partial charge in [-0.2, -0.15) is 0 Å². The van der Waals surface area contributed by atoms with Crippen molar-refractivity contribution in [1.82, 2.24) is 4.90 Å². The fraction of sp³-hybridized carbons (Fsp3) is 0.455. The summed E-state index contributed by atoms with van der Waals surface area (Å²) in [6, 6.07) is 33.6. The second-order valence-corrected chi connectivity index (χ2v) is 17.6. The van der Waals surface area contributed by atoms with Crippen molar-refractivity contribution in [2.45, 2.75) is 117 Å². The van der Waals surface area contributed by atoms with Crippen LogP contribution in [0.4, 0.5) is 0 Å². The minimum absolute atomic E-state index is 0.00646. The Kier molecular flexibility index (Phi) is 13.1. The van der Waals surface area contributed by atoms with Crippen LogP contribution in [0.2, 0.25) is 0 Å². The van der Waals surface area contributed by atoms with Crippen molar-refractivity contribution < 1.29 is 9.47 Å². The van der Waals surface area contributed by atoms with Gasteiger partial charge >= 0.3 is 0 Å². The molecule has 0 amide bonds. The highest BCUT2D eigenvalue weighted by molar-refractivity contribution is 7.48. The number of unbranched alkanes of at least 4 members (excludes halogenated alkanes) is 1. The summed E-state index contributed by atoms with van der Waals surface area (Å²) in [5, 5.41) is 1.36. The highest BCUT2D eigenvalue weighted by Crippen LogP contribution is 2.52. The Morgan fingerprint density at radius 1 is 0.688 bits per heavy atom. The zero-order valence-electron chi connectivity index (χ0n) is 31.4. The van der Waals surface area contributed by atoms with E-state index in [1.807, 2.05) is 0 Å². The molecular weight excluding hydrogens is 605 g/mol. The van der Waals surface area contributed by atoms with Crippen LogP contribution in [0.5, 0.6) is 5.75 Å². The standard InChI is InChI=1S/C44H60NO2P/c1-11-12-26-44(9,39-28-37(42(3,4)5)27-38(43(6,7)8)40(39)47-32-46-10)48-41-33(2)20-19-25-36(41)31-45(29-34-21-15-13-16-22-34)30-35-23-17-14-18-24-35/h13-25,27-28,48H,11-12,26,29-32H2,1-10H3. The minimum Gasteiger partial charge on any atom is -0.467 e. The smallest absolute Gasteiger partial charge is 0.188 e. The van der Waals surface area contributed by atoms with E-state index in [-0.39, 0.29) is 22.8 Å². The van der Waals surface area contributed by atoms with Crippen LogP contribution in [0.15, 0.2) is 91.0 Å². The molecule has 48 heavy (non-hydrogen) atoms. The zero-order valence-corrected chi connectivity index (χ0v) is 32.4. The molecule has 0 aliphatic rings. The first-order chi connectivity index (χ1) is 22.7. The van der Waals surface area contributed by atoms with E-state index in [0.29, 0.717) is 8.58 Å². The average molecular weight is 666 g/mol. The largest absolute Gasteiger partial charge is 0.467 e. The van der Waals surface area contributed by atoms with Gasteiger partial charge in [0, 0.05) is 43.0 Å². The third-order valence-corrected chi connectivity index (χ3v) is 11.4. The number of hydrogen-bond acceptors (Lipinski definition) is 3. The average Bonchev–Trinajstić information content (AvgIpc) is 3.04. The van der Waals surface area contributed by atoms with Crippen molar-refractivity contribution >= 4 is 13.9 Å². The van der Waals surface area contributed by atoms with E-state index < -0.39 is 0 Å². The summed E-state index contributed by atoms with van der Waals surface area (Å²) >= 11 is 0. The monoisotopic (exact) mass is 665 g/mol. The summed E-state index contributed by atoms with van der Waals surface area (Å²) in [4.78, 5) is 2.60. The number of aryl methyl sites for hydroxylation is 1. The van der Waals surface area contributed by atoms with Crippen LogP contribution in [0.1, 0.15) is 114 Å². The Balaban J connectivity index is 1.85. The second kappa shape index (κ2) is 16.6. The van der Waals surface area contributed by atoms with E-state index in [0.717, 1.165) is 44.6 Å². The van der Waals surface area contributed by atoms with Crippen molar-refractivity contribution in [3.63, 3.8) is 0 Å². The highest BCUT2D eigenvalue weighted by Gasteiger charge is 2.36. The summed E-state index contributed by atoms with van der Waals surface area (Å²) in [7, 11) is 2.30. The molecule has 0 spiro atoms. The van der Waals surface area contributed by atoms with Gasteiger partial charge in [0.2, 0.25) is 0 Å². The Morgan fingerprint density at radius 2 is 1.27 bits per heavy atom. The van der Waals surface area contributed by atoms with Crippen LogP contribution < -0.4 is 10.0 Å². The van der Waals surface area contributed by atoms with Gasteiger partial charge in [-0.15, -0.1) is 0 Å². The molecule has 0 aromatic heterocycles. The fourth-order valence-corrected chi connectivity index (χ4v) is 8.28. The molecule has 0 saturated carbocycles. The van der Waals surface area contributed by atoms with Gasteiger partial charge in [-0.1, -0.05) is 168 Å². The fourth-order valence-electron chi connectivity index (χ4n) is 6.50. The number of methoxy groups -OCH3 is 1. The molecule has 0 radical (unpaired) electrons. The summed E-state index contributed by atoms with van der Waals surface area (Å²) in [5.74, 6) is 1.01. The van der Waals surface area contributed by atoms with Crippen LogP contribution >= 0.6 is 8.58 Å². The molecule has 4 aromatic carbocycles. The highest BCUT2D eigenvalue weighted by atomic mass is 31.1. The van der Waals surface area contributed by atoms with Gasteiger partial charge < -0.3 is 9.47 Å². The lowest BCUT2D eigenvalue weighted by molar-refractivity contribution is 0.0486. The molecule has 4 aromatic rings. The Morgan fingerprint density at radius 3 is 1.79 bits per heavy atom. The number of ether oxygens (including phenoxy) is 2. The number of nitrogens with zero attached hydrogens (tertiary/aromatic N) is 1. The van der Waals surface area contributed by atoms with E-state index in [9.17, 15) is 0 Å². The first kappa shape index (κ1) is 37.8. The maximum Gasteiger partial charge on any atom is 0.188 e. The van der Waals surface area contributed by atoms with Crippen LogP contribution in [-0.2, 0) is 40.4 Å². The van der Waals surface area contributed by atoms with Gasteiger partial charge in [-0.05, 0) is 57.3 Å². The Labute approximate surface area is 294 Å². The molecule has 0 aliphatic heterocycles. The van der Waals surface area contributed by atoms with E-state index in [1.165, 1.54) is 44.2 Å². The summed E-state index contributed by atoms with van der Waals surface area (Å²) in [6.45, 7) is 23.9. The zero-order chi connectivity index (χ0) is 35.0. The minimum atomic E-state index is -0.120. The predicted octanol–water partition coefficient (Wildman–Crippen LogP) is 11.2. The van der Waals surface area contributed by atoms with Gasteiger partial charge in [-0.3, -0.25) is 4.90 Å². The Hall–Kier alpha value is -2.97. The van der Waals surface area contributed by atoms with Gasteiger partial charge in [0.25, 0.3) is 0 Å². The molecule has 258 valence electrons. The van der Waals surface area contributed by atoms with Crippen LogP contribution in [-0.4, -0.2) is 18.8 Å². The van der Waals surface area contributed by atoms with Crippen LogP contribution in [0, 0.1) is 6.92 Å². The summed E-state index contributed by atoms with van der Waals surface area (Å²) in [6.07, 6.45) is 3.41. The lowest BCUT2D eigenvalue weighted by atomic mass is 9.76. The van der Waals surface area contributed by atoms with E-state index in [4.69, 9.17) is 9.47 Å². The van der Waals surface area contributed by atoms with Gasteiger partial charge in [0.05, 0.1) is 0 Å². The van der Waals surface area contributed by atoms with Gasteiger partial charge in [0.15, 0.2) is 6.79 Å². The second-order valence-electron chi connectivity index (χ2n) is 15.7. The van der Waals surface area contributed by atoms with Crippen LogP contribution in [0.3, 0.4) is 0 Å². The number of benzene rings is 4. The van der Waals surface area contributed by atoms with Gasteiger partial charge in [-0.25, -0.2) is 0 Å². The van der Waals surface area contributed by atoms with Crippen molar-refractivity contribution in [3.05, 3.63) is 130 Å². The number of rotatable bonds is 15. The third kappa shape index (κ3) is 10.0. The maximum atomic E-state index is 6.61. The molecule has 3 nitrogen and oxygen atoms in total. The quantitative estimate of drug-likeness (QED) is 0.0932. The first-order valence-corrected chi connectivity index (χ1v) is 18.7. The molecule has 4 heteroatoms. The van der Waals surface area contributed by atoms with E-state index >= 15 is 0 Å². The molecule has 0 heterocycles. The molecule has 2 unspecified atom stereocenters. The van der Waals surface area contributed by atoms with Gasteiger partial charge in [0.1, 0.15) is 5.75 Å². The van der Waals surface area contributed by atoms with E-state index in [1.54, 1.807) is 7.11 Å². The molecule has 0 saturated heterocycles. The molecule has 4 rings (SSSR count). The van der Waals surface area contributed by atoms with Crippen molar-refractivity contribution in [3.8, 4) is 5.75 Å². The molecule has 0 fully saturated rings. The van der Waals surface area contributed by atoms with Crippen molar-refractivity contribution in [1.29, 1.82) is 0 Å². The molecular formula is C44H60NO2P. The molecule has 0 aliphatic carbocycles. The lowest BCUT2D eigenvalue weighted by Crippen LogP contribution is -2.29. The molecule has 2 atom stereocenters.